The van der Waals surface area contributed by atoms with Gasteiger partial charge in [-0.15, -0.1) is 0 Å². The molecule has 0 aliphatic rings. The Balaban J connectivity index is 1.63. The molecule has 25 heavy (non-hydrogen) atoms. The molecule has 0 saturated heterocycles. The first kappa shape index (κ1) is 15.2. The minimum atomic E-state index is 0.594. The monoisotopic (exact) mass is 331 g/mol. The number of aryl methyl sites for hydroxylation is 1. The largest absolute Gasteiger partial charge is 0.364 e. The minimum absolute atomic E-state index is 0.594. The zero-order valence-electron chi connectivity index (χ0n) is 13.8. The van der Waals surface area contributed by atoms with Gasteiger partial charge in [-0.05, 0) is 24.6 Å². The molecule has 4 aromatic rings. The number of aromatic nitrogens is 6. The Labute approximate surface area is 144 Å². The van der Waals surface area contributed by atoms with Gasteiger partial charge >= 0.3 is 0 Å². The molecule has 0 unspecified atom stereocenters. The second-order valence-corrected chi connectivity index (χ2v) is 5.55. The summed E-state index contributed by atoms with van der Waals surface area (Å²) in [7, 11) is 0. The van der Waals surface area contributed by atoms with Crippen LogP contribution in [0.25, 0.3) is 17.0 Å². The lowest BCUT2D eigenvalue weighted by Crippen LogP contribution is -2.09. The molecule has 4 aromatic heterocycles. The average molecular weight is 331 g/mol. The molecule has 7 nitrogen and oxygen atoms in total. The van der Waals surface area contributed by atoms with E-state index in [9.17, 15) is 0 Å². The highest BCUT2D eigenvalue weighted by Gasteiger charge is 2.07. The van der Waals surface area contributed by atoms with Gasteiger partial charge in [0.05, 0.1) is 18.4 Å². The second-order valence-electron chi connectivity index (χ2n) is 5.55. The highest BCUT2D eigenvalue weighted by atomic mass is 15.3. The molecule has 0 aliphatic heterocycles. The van der Waals surface area contributed by atoms with E-state index in [1.165, 1.54) is 0 Å². The summed E-state index contributed by atoms with van der Waals surface area (Å²) in [5.74, 6) is 1.49. The van der Waals surface area contributed by atoms with Gasteiger partial charge in [0.25, 0.3) is 0 Å². The molecule has 1 N–H and O–H groups in total. The van der Waals surface area contributed by atoms with Crippen molar-refractivity contribution in [2.45, 2.75) is 19.9 Å². The quantitative estimate of drug-likeness (QED) is 0.605. The Bertz CT molecular complexity index is 995. The molecule has 0 spiro atoms. The van der Waals surface area contributed by atoms with Crippen LogP contribution in [0, 0.1) is 0 Å². The van der Waals surface area contributed by atoms with Gasteiger partial charge in [-0.2, -0.15) is 5.10 Å². The van der Waals surface area contributed by atoms with Crippen molar-refractivity contribution in [3.8, 4) is 11.4 Å². The van der Waals surface area contributed by atoms with Gasteiger partial charge in [0, 0.05) is 42.0 Å². The van der Waals surface area contributed by atoms with Gasteiger partial charge in [0.2, 0.25) is 0 Å². The average Bonchev–Trinajstić information content (AvgIpc) is 3.16. The van der Waals surface area contributed by atoms with E-state index < -0.39 is 0 Å². The van der Waals surface area contributed by atoms with Gasteiger partial charge in [0.1, 0.15) is 5.82 Å². The first-order valence-electron chi connectivity index (χ1n) is 8.13. The molecule has 0 fully saturated rings. The summed E-state index contributed by atoms with van der Waals surface area (Å²) in [4.78, 5) is 17.6. The van der Waals surface area contributed by atoms with Gasteiger partial charge in [-0.1, -0.05) is 6.92 Å². The summed E-state index contributed by atoms with van der Waals surface area (Å²) in [6.07, 6.45) is 7.86. The number of nitrogens with one attached hydrogen (secondary N) is 1. The smallest absolute Gasteiger partial charge is 0.161 e. The van der Waals surface area contributed by atoms with Gasteiger partial charge in [0.15, 0.2) is 11.5 Å². The third-order valence-corrected chi connectivity index (χ3v) is 3.90. The molecule has 0 saturated carbocycles. The molecule has 0 amide bonds. The lowest BCUT2D eigenvalue weighted by molar-refractivity contribution is 0.850. The molecule has 4 heterocycles. The van der Waals surface area contributed by atoms with E-state index >= 15 is 0 Å². The van der Waals surface area contributed by atoms with Crippen molar-refractivity contribution in [2.24, 2.45) is 0 Å². The van der Waals surface area contributed by atoms with Gasteiger partial charge < -0.3 is 5.32 Å². The fourth-order valence-electron chi connectivity index (χ4n) is 2.60. The molecule has 0 radical (unpaired) electrons. The zero-order chi connectivity index (χ0) is 17.1. The first-order valence-corrected chi connectivity index (χ1v) is 8.13. The Morgan fingerprint density at radius 1 is 1.00 bits per heavy atom. The number of anilines is 1. The highest BCUT2D eigenvalue weighted by Crippen LogP contribution is 2.18. The molecule has 7 heteroatoms. The minimum Gasteiger partial charge on any atom is -0.364 e. The first-order chi connectivity index (χ1) is 12.3. The maximum absolute atomic E-state index is 4.64. The number of nitrogens with zero attached hydrogens (tertiary/aromatic N) is 6. The van der Waals surface area contributed by atoms with Crippen LogP contribution in [-0.2, 0) is 13.0 Å². The zero-order valence-corrected chi connectivity index (χ0v) is 13.8. The number of pyridine rings is 1. The summed E-state index contributed by atoms with van der Waals surface area (Å²) in [6, 6.07) is 9.62. The van der Waals surface area contributed by atoms with Crippen LogP contribution in [0.5, 0.6) is 0 Å². The Hall–Kier alpha value is -3.35. The fourth-order valence-corrected chi connectivity index (χ4v) is 2.60. The molecule has 0 aromatic carbocycles. The van der Waals surface area contributed by atoms with Crippen LogP contribution >= 0.6 is 0 Å². The predicted octanol–water partition coefficient (Wildman–Crippen LogP) is 2.76. The molecule has 0 bridgehead atoms. The highest BCUT2D eigenvalue weighted by molar-refractivity contribution is 5.56. The summed E-state index contributed by atoms with van der Waals surface area (Å²) in [6.45, 7) is 2.68. The van der Waals surface area contributed by atoms with Gasteiger partial charge in [-0.3, -0.25) is 4.98 Å². The summed E-state index contributed by atoms with van der Waals surface area (Å²) >= 11 is 0. The van der Waals surface area contributed by atoms with E-state index in [2.05, 4.69) is 37.3 Å². The van der Waals surface area contributed by atoms with E-state index in [4.69, 9.17) is 0 Å². The van der Waals surface area contributed by atoms with Crippen molar-refractivity contribution in [1.82, 2.24) is 29.5 Å². The summed E-state index contributed by atoms with van der Waals surface area (Å²) in [5.41, 5.74) is 3.78. The maximum atomic E-state index is 4.64. The summed E-state index contributed by atoms with van der Waals surface area (Å²) in [5, 5.41) is 7.68. The van der Waals surface area contributed by atoms with Crippen molar-refractivity contribution in [1.29, 1.82) is 0 Å². The molecule has 4 rings (SSSR count). The van der Waals surface area contributed by atoms with Crippen molar-refractivity contribution in [3.05, 3.63) is 66.5 Å². The van der Waals surface area contributed by atoms with Crippen LogP contribution in [0.15, 0.2) is 55.1 Å². The van der Waals surface area contributed by atoms with Crippen molar-refractivity contribution in [2.75, 3.05) is 5.32 Å². The van der Waals surface area contributed by atoms with E-state index in [0.29, 0.717) is 12.4 Å². The van der Waals surface area contributed by atoms with E-state index in [0.717, 1.165) is 34.8 Å². The Kier molecular flexibility index (Phi) is 4.04. The van der Waals surface area contributed by atoms with Crippen LogP contribution in [-0.4, -0.2) is 29.5 Å². The topological polar surface area (TPSA) is 80.9 Å². The van der Waals surface area contributed by atoms with Gasteiger partial charge in [-0.25, -0.2) is 19.5 Å². The molecular formula is C18H17N7. The van der Waals surface area contributed by atoms with Crippen LogP contribution in [0.1, 0.15) is 18.3 Å². The SMILES string of the molecule is CCc1cc(NCc2ccnc3ccnn23)nc(-c2ccncc2)n1. The van der Waals surface area contributed by atoms with Crippen LogP contribution < -0.4 is 5.32 Å². The predicted molar refractivity (Wildman–Crippen MR) is 95.0 cm³/mol. The summed E-state index contributed by atoms with van der Waals surface area (Å²) < 4.78 is 1.82. The fraction of sp³-hybridized carbons (Fsp3) is 0.167. The lowest BCUT2D eigenvalue weighted by Gasteiger charge is -2.10. The standard InChI is InChI=1S/C18H17N7/c1-2-14-11-16(24-18(23-14)13-3-7-19-8-4-13)21-12-15-5-9-20-17-6-10-22-25(15)17/h3-11H,2,12H2,1H3,(H,21,23,24). The van der Waals surface area contributed by atoms with E-state index in [1.54, 1.807) is 24.8 Å². The van der Waals surface area contributed by atoms with Crippen LogP contribution in [0.3, 0.4) is 0 Å². The van der Waals surface area contributed by atoms with Crippen molar-refractivity contribution < 1.29 is 0 Å². The number of hydrogen-bond donors (Lipinski definition) is 1. The third-order valence-electron chi connectivity index (χ3n) is 3.90. The number of fused-ring (bicyclic) bond motifs is 1. The molecule has 0 atom stereocenters. The Morgan fingerprint density at radius 2 is 1.88 bits per heavy atom. The van der Waals surface area contributed by atoms with Crippen molar-refractivity contribution >= 4 is 11.5 Å². The third kappa shape index (κ3) is 3.16. The maximum Gasteiger partial charge on any atom is 0.161 e. The second kappa shape index (κ2) is 6.64. The van der Waals surface area contributed by atoms with E-state index in [-0.39, 0.29) is 0 Å². The molecule has 124 valence electrons. The van der Waals surface area contributed by atoms with Crippen LogP contribution in [0.4, 0.5) is 5.82 Å². The lowest BCUT2D eigenvalue weighted by atomic mass is 10.2. The molecular weight excluding hydrogens is 314 g/mol. The number of rotatable bonds is 5. The Morgan fingerprint density at radius 3 is 2.72 bits per heavy atom. The van der Waals surface area contributed by atoms with Crippen molar-refractivity contribution in [3.63, 3.8) is 0 Å². The van der Waals surface area contributed by atoms with E-state index in [1.807, 2.05) is 34.8 Å². The number of hydrogen-bond acceptors (Lipinski definition) is 6. The molecule has 0 aliphatic carbocycles. The normalized spacial score (nSPS) is 10.9. The van der Waals surface area contributed by atoms with Crippen LogP contribution in [0.2, 0.25) is 0 Å².